The molecule has 5 heteroatoms. The van der Waals surface area contributed by atoms with Crippen molar-refractivity contribution >= 4 is 14.5 Å². The molecule has 0 fully saturated rings. The van der Waals surface area contributed by atoms with Crippen molar-refractivity contribution in [3.8, 4) is 0 Å². The number of rotatable bonds is 3. The molecule has 1 unspecified atom stereocenters. The van der Waals surface area contributed by atoms with Crippen LogP contribution in [0.3, 0.4) is 0 Å². The van der Waals surface area contributed by atoms with Gasteiger partial charge >= 0.3 is 8.18 Å². The highest BCUT2D eigenvalue weighted by atomic mass is 31.1. The first-order chi connectivity index (χ1) is 3.27. The van der Waals surface area contributed by atoms with Gasteiger partial charge in [-0.3, -0.25) is 0 Å². The van der Waals surface area contributed by atoms with Crippen LogP contribution in [0, 0.1) is 0 Å². The summed E-state index contributed by atoms with van der Waals surface area (Å²) < 4.78 is 9.64. The fourth-order valence-electron chi connectivity index (χ4n) is 0.115. The molecule has 0 aromatic rings. The molecule has 0 heterocycles. The van der Waals surface area contributed by atoms with Crippen molar-refractivity contribution in [2.75, 3.05) is 6.54 Å². The molecule has 0 saturated heterocycles. The Morgan fingerprint density at radius 2 is 2.43 bits per heavy atom. The van der Waals surface area contributed by atoms with Gasteiger partial charge in [0.15, 0.2) is 0 Å². The Morgan fingerprint density at radius 3 is 2.57 bits per heavy atom. The standard InChI is InChI=1S/C2H4NO3P/c4-2-1-3-7(5)6/h2H,1H2,(H-,3,5,6)/p+1. The lowest BCUT2D eigenvalue weighted by atomic mass is 10.8. The molecule has 1 atom stereocenters. The summed E-state index contributed by atoms with van der Waals surface area (Å²) >= 11 is 0. The largest absolute Gasteiger partial charge is 0.610 e. The van der Waals surface area contributed by atoms with Gasteiger partial charge in [-0.25, -0.2) is 0 Å². The van der Waals surface area contributed by atoms with E-state index in [4.69, 9.17) is 4.89 Å². The van der Waals surface area contributed by atoms with Crippen molar-refractivity contribution in [3.05, 3.63) is 0 Å². The maximum absolute atomic E-state index is 9.64. The zero-order chi connectivity index (χ0) is 5.70. The normalized spacial score (nSPS) is 10.7. The third kappa shape index (κ3) is 5.69. The van der Waals surface area contributed by atoms with Crippen LogP contribution in [0.4, 0.5) is 0 Å². The summed E-state index contributed by atoms with van der Waals surface area (Å²) in [5.74, 6) is 0. The second-order valence-corrected chi connectivity index (χ2v) is 1.66. The second kappa shape index (κ2) is 3.87. The Balaban J connectivity index is 2.97. The third-order valence-electron chi connectivity index (χ3n) is 0.310. The van der Waals surface area contributed by atoms with Gasteiger partial charge in [-0.1, -0.05) is 5.09 Å². The number of hydrogen-bond donors (Lipinski definition) is 2. The second-order valence-electron chi connectivity index (χ2n) is 0.802. The van der Waals surface area contributed by atoms with E-state index in [1.807, 2.05) is 5.09 Å². The molecular formula is C2H5NO3P+. The lowest BCUT2D eigenvalue weighted by Crippen LogP contribution is -2.04. The van der Waals surface area contributed by atoms with Gasteiger partial charge in [-0.2, -0.15) is 0 Å². The first-order valence-corrected chi connectivity index (χ1v) is 2.82. The van der Waals surface area contributed by atoms with Crippen molar-refractivity contribution in [2.45, 2.75) is 0 Å². The zero-order valence-corrected chi connectivity index (χ0v) is 4.39. The van der Waals surface area contributed by atoms with Crippen molar-refractivity contribution in [3.63, 3.8) is 0 Å². The molecule has 0 aliphatic rings. The molecule has 0 aliphatic heterocycles. The van der Waals surface area contributed by atoms with Crippen LogP contribution in [0.25, 0.3) is 0 Å². The van der Waals surface area contributed by atoms with E-state index in [-0.39, 0.29) is 6.54 Å². The summed E-state index contributed by atoms with van der Waals surface area (Å²) in [5, 5.41) is 1.99. The van der Waals surface area contributed by atoms with Crippen molar-refractivity contribution in [1.82, 2.24) is 5.09 Å². The number of hydrogen-bond acceptors (Lipinski definition) is 2. The van der Waals surface area contributed by atoms with Gasteiger partial charge in [0.2, 0.25) is 0 Å². The molecule has 40 valence electrons. The fourth-order valence-corrected chi connectivity index (χ4v) is 0.346. The molecular weight excluding hydrogens is 117 g/mol. The van der Waals surface area contributed by atoms with Crippen LogP contribution in [-0.2, 0) is 9.36 Å². The van der Waals surface area contributed by atoms with Gasteiger partial charge in [-0.05, 0) is 4.57 Å². The van der Waals surface area contributed by atoms with Gasteiger partial charge in [0.1, 0.15) is 6.29 Å². The molecule has 0 aromatic carbocycles. The maximum Gasteiger partial charge on any atom is 0.610 e. The van der Waals surface area contributed by atoms with Crippen molar-refractivity contribution in [2.24, 2.45) is 0 Å². The van der Waals surface area contributed by atoms with E-state index in [1.54, 1.807) is 0 Å². The Labute approximate surface area is 41.5 Å². The number of carbonyl (C=O) groups is 1. The van der Waals surface area contributed by atoms with E-state index in [0.29, 0.717) is 6.29 Å². The van der Waals surface area contributed by atoms with Gasteiger partial charge in [0.05, 0.1) is 6.54 Å². The Bertz CT molecular complexity index is 83.0. The van der Waals surface area contributed by atoms with Gasteiger partial charge in [0.25, 0.3) is 0 Å². The van der Waals surface area contributed by atoms with Crippen molar-refractivity contribution in [1.29, 1.82) is 0 Å². The molecule has 4 nitrogen and oxygen atoms in total. The maximum atomic E-state index is 9.64. The Hall–Kier alpha value is -0.310. The van der Waals surface area contributed by atoms with E-state index in [0.717, 1.165) is 0 Å². The van der Waals surface area contributed by atoms with E-state index in [1.165, 1.54) is 0 Å². The Morgan fingerprint density at radius 1 is 1.86 bits per heavy atom. The molecule has 0 aliphatic carbocycles. The number of aldehydes is 1. The summed E-state index contributed by atoms with van der Waals surface area (Å²) in [5.41, 5.74) is 0. The quantitative estimate of drug-likeness (QED) is 0.388. The predicted molar refractivity (Wildman–Crippen MR) is 23.9 cm³/mol. The SMILES string of the molecule is O=CCN[P+](=O)O. The molecule has 7 heavy (non-hydrogen) atoms. The van der Waals surface area contributed by atoms with E-state index in [2.05, 4.69) is 0 Å². The van der Waals surface area contributed by atoms with Gasteiger partial charge in [0, 0.05) is 0 Å². The molecule has 0 amide bonds. The van der Waals surface area contributed by atoms with E-state index in [9.17, 15) is 9.36 Å². The molecule has 0 spiro atoms. The van der Waals surface area contributed by atoms with E-state index >= 15 is 0 Å². The summed E-state index contributed by atoms with van der Waals surface area (Å²) in [6.07, 6.45) is 0.517. The summed E-state index contributed by atoms with van der Waals surface area (Å²) in [6, 6.07) is 0. The van der Waals surface area contributed by atoms with Gasteiger partial charge in [-0.15, -0.1) is 4.89 Å². The van der Waals surface area contributed by atoms with Crippen molar-refractivity contribution < 1.29 is 14.3 Å². The average molecular weight is 122 g/mol. The van der Waals surface area contributed by atoms with E-state index < -0.39 is 8.18 Å². The molecule has 0 rings (SSSR count). The molecule has 0 saturated carbocycles. The minimum atomic E-state index is -2.34. The molecule has 0 aromatic heterocycles. The van der Waals surface area contributed by atoms with Crippen LogP contribution in [0.2, 0.25) is 0 Å². The van der Waals surface area contributed by atoms with Crippen LogP contribution in [-0.4, -0.2) is 17.7 Å². The monoisotopic (exact) mass is 122 g/mol. The fraction of sp³-hybridized carbons (Fsp3) is 0.500. The highest BCUT2D eigenvalue weighted by molar-refractivity contribution is 7.35. The number of carbonyl (C=O) groups excluding carboxylic acids is 1. The highest BCUT2D eigenvalue weighted by Gasteiger charge is 2.04. The van der Waals surface area contributed by atoms with Gasteiger partial charge < -0.3 is 4.79 Å². The summed E-state index contributed by atoms with van der Waals surface area (Å²) in [6.45, 7) is -0.0638. The van der Waals surface area contributed by atoms with Crippen LogP contribution >= 0.6 is 8.18 Å². The van der Waals surface area contributed by atoms with Crippen LogP contribution in [0.15, 0.2) is 0 Å². The third-order valence-corrected chi connectivity index (χ3v) is 0.763. The minimum Gasteiger partial charge on any atom is -0.302 e. The first kappa shape index (κ1) is 6.69. The molecule has 0 bridgehead atoms. The zero-order valence-electron chi connectivity index (χ0n) is 3.50. The molecule has 0 radical (unpaired) electrons. The number of nitrogens with one attached hydrogen (secondary N) is 1. The lowest BCUT2D eigenvalue weighted by molar-refractivity contribution is -0.106. The summed E-state index contributed by atoms with van der Waals surface area (Å²) in [7, 11) is -2.34. The highest BCUT2D eigenvalue weighted by Crippen LogP contribution is 2.00. The van der Waals surface area contributed by atoms with Crippen LogP contribution < -0.4 is 5.09 Å². The van der Waals surface area contributed by atoms with Crippen LogP contribution in [0.1, 0.15) is 0 Å². The predicted octanol–water partition coefficient (Wildman–Crippen LogP) is -0.575. The van der Waals surface area contributed by atoms with Crippen LogP contribution in [0.5, 0.6) is 0 Å². The minimum absolute atomic E-state index is 0.0638. The Kier molecular flexibility index (Phi) is 3.69. The first-order valence-electron chi connectivity index (χ1n) is 1.60. The summed E-state index contributed by atoms with van der Waals surface area (Å²) in [4.78, 5) is 17.3. The molecule has 2 N–H and O–H groups in total. The smallest absolute Gasteiger partial charge is 0.302 e. The average Bonchev–Trinajstić information content (AvgIpc) is 1.61. The topological polar surface area (TPSA) is 66.4 Å². The lowest BCUT2D eigenvalue weighted by Gasteiger charge is -1.70.